The van der Waals surface area contributed by atoms with E-state index >= 15 is 0 Å². The first-order valence-electron chi connectivity index (χ1n) is 6.04. The van der Waals surface area contributed by atoms with Gasteiger partial charge >= 0.3 is 0 Å². The smallest absolute Gasteiger partial charge is 0.0990 e. The lowest BCUT2D eigenvalue weighted by Crippen LogP contribution is -2.60. The Morgan fingerprint density at radius 1 is 1.33 bits per heavy atom. The van der Waals surface area contributed by atoms with Crippen LogP contribution in [0.3, 0.4) is 0 Å². The average molecular weight is 215 g/mol. The number of nitrogens with one attached hydrogen (secondary N) is 1. The molecule has 0 aromatic carbocycles. The Kier molecular flexibility index (Phi) is 5.03. The molecule has 15 heavy (non-hydrogen) atoms. The van der Waals surface area contributed by atoms with Crippen LogP contribution in [0.25, 0.3) is 0 Å². The van der Waals surface area contributed by atoms with Gasteiger partial charge in [0.15, 0.2) is 0 Å². The van der Waals surface area contributed by atoms with E-state index in [4.69, 9.17) is 9.47 Å². The summed E-state index contributed by atoms with van der Waals surface area (Å²) in [4.78, 5) is 0. The Morgan fingerprint density at radius 3 is 2.47 bits per heavy atom. The van der Waals surface area contributed by atoms with E-state index in [1.165, 1.54) is 0 Å². The van der Waals surface area contributed by atoms with E-state index in [0.717, 1.165) is 13.0 Å². The van der Waals surface area contributed by atoms with E-state index in [9.17, 15) is 0 Å². The fourth-order valence-electron chi connectivity index (χ4n) is 1.85. The van der Waals surface area contributed by atoms with Gasteiger partial charge in [-0.25, -0.2) is 0 Å². The highest BCUT2D eigenvalue weighted by Gasteiger charge is 2.42. The van der Waals surface area contributed by atoms with E-state index in [-0.39, 0.29) is 12.2 Å². The van der Waals surface area contributed by atoms with E-state index in [1.807, 2.05) is 14.0 Å². The summed E-state index contributed by atoms with van der Waals surface area (Å²) >= 11 is 0. The lowest BCUT2D eigenvalue weighted by atomic mass is 9.85. The van der Waals surface area contributed by atoms with Crippen molar-refractivity contribution in [2.45, 2.75) is 58.5 Å². The molecule has 0 aliphatic heterocycles. The van der Waals surface area contributed by atoms with Crippen molar-refractivity contribution in [1.29, 1.82) is 0 Å². The van der Waals surface area contributed by atoms with Gasteiger partial charge in [0.2, 0.25) is 0 Å². The number of hydrogen-bond donors (Lipinski definition) is 1. The molecular formula is C12H25NO2. The van der Waals surface area contributed by atoms with Crippen molar-refractivity contribution < 1.29 is 9.47 Å². The zero-order valence-electron chi connectivity index (χ0n) is 10.6. The van der Waals surface area contributed by atoms with Gasteiger partial charge in [-0.1, -0.05) is 13.8 Å². The van der Waals surface area contributed by atoms with Gasteiger partial charge in [-0.2, -0.15) is 0 Å². The lowest BCUT2D eigenvalue weighted by Gasteiger charge is -2.45. The fraction of sp³-hybridized carbons (Fsp3) is 1.00. The minimum absolute atomic E-state index is 0.237. The SMILES string of the molecule is CCOC1C(NC)CC1OC(C)C(C)C. The normalized spacial score (nSPS) is 32.8. The summed E-state index contributed by atoms with van der Waals surface area (Å²) in [7, 11) is 1.98. The molecule has 0 aromatic rings. The van der Waals surface area contributed by atoms with Gasteiger partial charge in [-0.05, 0) is 33.2 Å². The van der Waals surface area contributed by atoms with Crippen LogP contribution in [0, 0.1) is 5.92 Å². The van der Waals surface area contributed by atoms with Crippen LogP contribution < -0.4 is 5.32 Å². The third-order valence-electron chi connectivity index (χ3n) is 3.31. The molecule has 4 unspecified atom stereocenters. The zero-order valence-corrected chi connectivity index (χ0v) is 10.6. The maximum Gasteiger partial charge on any atom is 0.0990 e. The molecule has 1 aliphatic carbocycles. The van der Waals surface area contributed by atoms with Crippen LogP contribution in [0.4, 0.5) is 0 Å². The van der Waals surface area contributed by atoms with Crippen LogP contribution in [0.2, 0.25) is 0 Å². The molecule has 4 atom stereocenters. The number of likely N-dealkylation sites (N-methyl/N-ethyl adjacent to an activating group) is 1. The molecule has 1 saturated carbocycles. The van der Waals surface area contributed by atoms with Gasteiger partial charge < -0.3 is 14.8 Å². The van der Waals surface area contributed by atoms with E-state index < -0.39 is 0 Å². The number of ether oxygens (including phenoxy) is 2. The largest absolute Gasteiger partial charge is 0.374 e. The molecule has 0 aromatic heterocycles. The van der Waals surface area contributed by atoms with Gasteiger partial charge in [-0.15, -0.1) is 0 Å². The highest BCUT2D eigenvalue weighted by Crippen LogP contribution is 2.29. The topological polar surface area (TPSA) is 30.5 Å². The van der Waals surface area contributed by atoms with Crippen LogP contribution in [-0.4, -0.2) is 38.0 Å². The van der Waals surface area contributed by atoms with Gasteiger partial charge in [0.05, 0.1) is 18.3 Å². The molecule has 1 fully saturated rings. The third kappa shape index (κ3) is 3.16. The van der Waals surface area contributed by atoms with Crippen molar-refractivity contribution in [1.82, 2.24) is 5.32 Å². The van der Waals surface area contributed by atoms with Gasteiger partial charge in [0.1, 0.15) is 0 Å². The van der Waals surface area contributed by atoms with Crippen LogP contribution in [0.5, 0.6) is 0 Å². The van der Waals surface area contributed by atoms with Crippen molar-refractivity contribution in [3.05, 3.63) is 0 Å². The molecule has 0 saturated heterocycles. The van der Waals surface area contributed by atoms with Crippen molar-refractivity contribution in [2.75, 3.05) is 13.7 Å². The zero-order chi connectivity index (χ0) is 11.4. The minimum Gasteiger partial charge on any atom is -0.374 e. The minimum atomic E-state index is 0.237. The monoisotopic (exact) mass is 215 g/mol. The Bertz CT molecular complexity index is 184. The second-order valence-corrected chi connectivity index (χ2v) is 4.67. The summed E-state index contributed by atoms with van der Waals surface area (Å²) in [6.07, 6.45) is 1.90. The summed E-state index contributed by atoms with van der Waals surface area (Å²) in [6, 6.07) is 0.467. The molecular weight excluding hydrogens is 190 g/mol. The molecule has 0 radical (unpaired) electrons. The second-order valence-electron chi connectivity index (χ2n) is 4.67. The Morgan fingerprint density at radius 2 is 2.00 bits per heavy atom. The van der Waals surface area contributed by atoms with E-state index in [1.54, 1.807) is 0 Å². The molecule has 3 heteroatoms. The molecule has 90 valence electrons. The molecule has 0 amide bonds. The van der Waals surface area contributed by atoms with E-state index in [2.05, 4.69) is 26.1 Å². The predicted octanol–water partition coefficient (Wildman–Crippen LogP) is 1.81. The molecule has 0 heterocycles. The highest BCUT2D eigenvalue weighted by molar-refractivity contribution is 4.97. The van der Waals surface area contributed by atoms with Crippen LogP contribution >= 0.6 is 0 Å². The molecule has 0 spiro atoms. The molecule has 1 N–H and O–H groups in total. The van der Waals surface area contributed by atoms with Crippen molar-refractivity contribution >= 4 is 0 Å². The number of rotatable bonds is 6. The molecule has 1 aliphatic rings. The van der Waals surface area contributed by atoms with Crippen LogP contribution in [0.15, 0.2) is 0 Å². The van der Waals surface area contributed by atoms with E-state index in [0.29, 0.717) is 18.1 Å². The molecule has 3 nitrogen and oxygen atoms in total. The lowest BCUT2D eigenvalue weighted by molar-refractivity contribution is -0.168. The first kappa shape index (κ1) is 12.9. The van der Waals surface area contributed by atoms with Crippen molar-refractivity contribution in [3.63, 3.8) is 0 Å². The summed E-state index contributed by atoms with van der Waals surface area (Å²) in [6.45, 7) is 9.32. The second kappa shape index (κ2) is 5.83. The standard InChI is InChI=1S/C12H25NO2/c1-6-14-12-10(13-5)7-11(12)15-9(4)8(2)3/h8-13H,6-7H2,1-5H3. The summed E-state index contributed by atoms with van der Waals surface area (Å²) in [5.41, 5.74) is 0. The summed E-state index contributed by atoms with van der Waals surface area (Å²) < 4.78 is 11.7. The third-order valence-corrected chi connectivity index (χ3v) is 3.31. The Labute approximate surface area is 93.5 Å². The Hall–Kier alpha value is -0.120. The highest BCUT2D eigenvalue weighted by atomic mass is 16.6. The maximum absolute atomic E-state index is 5.98. The molecule has 0 bridgehead atoms. The van der Waals surface area contributed by atoms with Gasteiger partial charge in [0.25, 0.3) is 0 Å². The molecule has 1 rings (SSSR count). The summed E-state index contributed by atoms with van der Waals surface area (Å²) in [5.74, 6) is 0.570. The number of hydrogen-bond acceptors (Lipinski definition) is 3. The summed E-state index contributed by atoms with van der Waals surface area (Å²) in [5, 5.41) is 3.26. The maximum atomic E-state index is 5.98. The Balaban J connectivity index is 2.36. The van der Waals surface area contributed by atoms with Gasteiger partial charge in [-0.3, -0.25) is 0 Å². The van der Waals surface area contributed by atoms with Crippen molar-refractivity contribution in [2.24, 2.45) is 5.92 Å². The quantitative estimate of drug-likeness (QED) is 0.733. The van der Waals surface area contributed by atoms with Gasteiger partial charge in [0, 0.05) is 12.6 Å². The fourth-order valence-corrected chi connectivity index (χ4v) is 1.85. The van der Waals surface area contributed by atoms with Crippen LogP contribution in [0.1, 0.15) is 34.1 Å². The van der Waals surface area contributed by atoms with Crippen molar-refractivity contribution in [3.8, 4) is 0 Å². The van der Waals surface area contributed by atoms with Crippen LogP contribution in [-0.2, 0) is 9.47 Å². The first-order valence-corrected chi connectivity index (χ1v) is 6.04. The average Bonchev–Trinajstić information content (AvgIpc) is 2.19. The first-order chi connectivity index (χ1) is 7.10. The predicted molar refractivity (Wildman–Crippen MR) is 62.1 cm³/mol.